The van der Waals surface area contributed by atoms with Crippen LogP contribution in [0.4, 0.5) is 0 Å². The minimum Gasteiger partial charge on any atom is -0.504 e. The van der Waals surface area contributed by atoms with Gasteiger partial charge in [0.25, 0.3) is 0 Å². The molecule has 0 spiro atoms. The molecule has 57 heavy (non-hydrogen) atoms. The van der Waals surface area contributed by atoms with Crippen molar-refractivity contribution >= 4 is 0 Å². The fourth-order valence-corrected chi connectivity index (χ4v) is 7.73. The van der Waals surface area contributed by atoms with Crippen LogP contribution in [0.25, 0.3) is 0 Å². The Hall–Kier alpha value is -4.58. The normalized spacial score (nSPS) is 13.3. The number of unbranched alkanes of at least 4 members (excludes halogenated alkanes) is 3. The third-order valence-electron chi connectivity index (χ3n) is 11.7. The van der Waals surface area contributed by atoms with E-state index in [1.165, 1.54) is 79.7 Å². The van der Waals surface area contributed by atoms with Crippen LogP contribution < -0.4 is 18.3 Å². The average molecular weight is 775 g/mol. The van der Waals surface area contributed by atoms with Crippen LogP contribution in [-0.2, 0) is 26.2 Å². The summed E-state index contributed by atoms with van der Waals surface area (Å²) in [6, 6.07) is 23.2. The number of phenolic OH excluding ortho intramolecular Hbond substituents is 2. The Morgan fingerprint density at radius 2 is 0.789 bits per heavy atom. The number of hydrogen-bond donors (Lipinski definition) is 2. The van der Waals surface area contributed by atoms with E-state index >= 15 is 0 Å². The van der Waals surface area contributed by atoms with E-state index in [2.05, 4.69) is 165 Å². The molecule has 0 aliphatic rings. The first-order chi connectivity index (χ1) is 27.7. The Morgan fingerprint density at radius 3 is 1.12 bits per heavy atom. The Kier molecular flexibility index (Phi) is 19.2. The first kappa shape index (κ1) is 45.1. The lowest BCUT2D eigenvalue weighted by atomic mass is 9.85. The van der Waals surface area contributed by atoms with Crippen molar-refractivity contribution in [3.05, 3.63) is 144 Å². The summed E-state index contributed by atoms with van der Waals surface area (Å²) in [5.74, 6) is 2.10. The fraction of sp³-hybridized carbons (Fsp3) is 0.490. The molecule has 0 fully saturated rings. The Bertz CT molecular complexity index is 1840. The van der Waals surface area contributed by atoms with Crippen LogP contribution >= 0.6 is 0 Å². The molecule has 0 aliphatic carbocycles. The molecule has 0 radical (unpaired) electrons. The molecule has 4 atom stereocenters. The SMILES string of the molecule is CCCC[n+]1ccc(C(C)CC(CC)c2cc[n+](CCCC)cc2)cc1.CCCC[n+]1ccc(C(CC)CC(C)c2cc[n+](Cc3ccc(O)c(O)c3)cc2)cc1. The van der Waals surface area contributed by atoms with Gasteiger partial charge in [-0.1, -0.05) is 67.7 Å². The maximum atomic E-state index is 9.69. The molecule has 4 unspecified atom stereocenters. The third kappa shape index (κ3) is 14.7. The summed E-state index contributed by atoms with van der Waals surface area (Å²) in [5.41, 5.74) is 6.68. The van der Waals surface area contributed by atoms with Gasteiger partial charge in [0.2, 0.25) is 0 Å². The van der Waals surface area contributed by atoms with Gasteiger partial charge in [0.15, 0.2) is 67.6 Å². The van der Waals surface area contributed by atoms with Gasteiger partial charge in [-0.25, -0.2) is 18.3 Å². The minimum atomic E-state index is -0.0856. The zero-order valence-electron chi connectivity index (χ0n) is 36.4. The Balaban J connectivity index is 0.000000257. The molecule has 4 heterocycles. The van der Waals surface area contributed by atoms with Gasteiger partial charge in [0.05, 0.1) is 0 Å². The van der Waals surface area contributed by atoms with Gasteiger partial charge in [-0.05, 0) is 89.8 Å². The van der Waals surface area contributed by atoms with Gasteiger partial charge in [0.1, 0.15) is 19.6 Å². The monoisotopic (exact) mass is 775 g/mol. The van der Waals surface area contributed by atoms with Crippen LogP contribution in [0.5, 0.6) is 11.5 Å². The highest BCUT2D eigenvalue weighted by molar-refractivity contribution is 5.40. The molecule has 0 amide bonds. The van der Waals surface area contributed by atoms with E-state index in [0.29, 0.717) is 30.2 Å². The van der Waals surface area contributed by atoms with Gasteiger partial charge in [0, 0.05) is 73.4 Å². The molecule has 0 saturated carbocycles. The van der Waals surface area contributed by atoms with Crippen molar-refractivity contribution in [1.29, 1.82) is 0 Å². The summed E-state index contributed by atoms with van der Waals surface area (Å²) in [6.07, 6.45) is 29.8. The summed E-state index contributed by atoms with van der Waals surface area (Å²) in [4.78, 5) is 0. The quantitative estimate of drug-likeness (QED) is 0.0576. The summed E-state index contributed by atoms with van der Waals surface area (Å²) in [7, 11) is 0. The second kappa shape index (κ2) is 24.2. The molecule has 5 aromatic rings. The lowest BCUT2D eigenvalue weighted by Crippen LogP contribution is -2.33. The van der Waals surface area contributed by atoms with Crippen molar-refractivity contribution in [1.82, 2.24) is 0 Å². The van der Waals surface area contributed by atoms with Crippen LogP contribution in [0.1, 0.15) is 164 Å². The van der Waals surface area contributed by atoms with Gasteiger partial charge in [-0.3, -0.25) is 0 Å². The summed E-state index contributed by atoms with van der Waals surface area (Å²) in [5, 5.41) is 19.2. The molecular weight excluding hydrogens is 701 g/mol. The van der Waals surface area contributed by atoms with Gasteiger partial charge < -0.3 is 10.2 Å². The predicted octanol–water partition coefficient (Wildman–Crippen LogP) is 10.8. The molecular formula is C51H74N4O2+4. The van der Waals surface area contributed by atoms with E-state index in [0.717, 1.165) is 38.0 Å². The van der Waals surface area contributed by atoms with E-state index in [4.69, 9.17) is 0 Å². The second-order valence-corrected chi connectivity index (χ2v) is 16.3. The minimum absolute atomic E-state index is 0.0780. The number of benzene rings is 1. The van der Waals surface area contributed by atoms with E-state index < -0.39 is 0 Å². The van der Waals surface area contributed by atoms with Crippen LogP contribution in [0.15, 0.2) is 116 Å². The highest BCUT2D eigenvalue weighted by Gasteiger charge is 2.19. The second-order valence-electron chi connectivity index (χ2n) is 16.3. The number of nitrogens with zero attached hydrogens (tertiary/aromatic N) is 4. The number of hydrogen-bond acceptors (Lipinski definition) is 2. The fourth-order valence-electron chi connectivity index (χ4n) is 7.73. The zero-order valence-corrected chi connectivity index (χ0v) is 36.4. The smallest absolute Gasteiger partial charge is 0.173 e. The Labute approximate surface area is 345 Å². The van der Waals surface area contributed by atoms with Crippen molar-refractivity contribution in [2.24, 2.45) is 0 Å². The molecule has 5 rings (SSSR count). The van der Waals surface area contributed by atoms with Crippen molar-refractivity contribution in [2.45, 2.75) is 163 Å². The van der Waals surface area contributed by atoms with E-state index in [1.807, 2.05) is 6.07 Å². The standard InChI is InChI=1S/C27H34N2O2.C24H38N2/c1-4-6-13-28-14-11-25(12-15-28)23(5-2)18-21(3)24-9-16-29(17-10-24)20-22-7-8-26(30)27(31)19-22;1-5-8-14-25-16-10-23(11-17-25)21(4)20-22(7-3)24-12-18-26(19-13-24)15-9-6-2/h7-12,14-17,19,21,23H,4-6,13,18,20H2,1-3H3;10-13,16-19,21-22H,5-9,14-15,20H2,1-4H3/q;+2/p+2. The van der Waals surface area contributed by atoms with E-state index in [-0.39, 0.29) is 11.5 Å². The average Bonchev–Trinajstić information content (AvgIpc) is 3.24. The van der Waals surface area contributed by atoms with Gasteiger partial charge in [-0.15, -0.1) is 0 Å². The molecule has 0 bridgehead atoms. The Morgan fingerprint density at radius 1 is 0.439 bits per heavy atom. The maximum absolute atomic E-state index is 9.69. The maximum Gasteiger partial charge on any atom is 0.173 e. The molecule has 6 nitrogen and oxygen atoms in total. The zero-order chi connectivity index (χ0) is 41.0. The topological polar surface area (TPSA) is 56.0 Å². The summed E-state index contributed by atoms with van der Waals surface area (Å²) >= 11 is 0. The van der Waals surface area contributed by atoms with Gasteiger partial charge in [-0.2, -0.15) is 0 Å². The third-order valence-corrected chi connectivity index (χ3v) is 11.7. The molecule has 0 aliphatic heterocycles. The number of pyridine rings is 4. The lowest BCUT2D eigenvalue weighted by Gasteiger charge is -2.20. The first-order valence-electron chi connectivity index (χ1n) is 22.1. The van der Waals surface area contributed by atoms with Crippen LogP contribution in [0, 0.1) is 0 Å². The number of aryl methyl sites for hydroxylation is 3. The van der Waals surface area contributed by atoms with E-state index in [1.54, 1.807) is 6.07 Å². The summed E-state index contributed by atoms with van der Waals surface area (Å²) < 4.78 is 9.00. The molecule has 0 saturated heterocycles. The number of aromatic hydroxyl groups is 2. The predicted molar refractivity (Wildman–Crippen MR) is 232 cm³/mol. The first-order valence-corrected chi connectivity index (χ1v) is 22.1. The summed E-state index contributed by atoms with van der Waals surface area (Å²) in [6.45, 7) is 20.0. The lowest BCUT2D eigenvalue weighted by molar-refractivity contribution is -0.697. The molecule has 2 N–H and O–H groups in total. The number of aromatic nitrogens is 4. The van der Waals surface area contributed by atoms with Crippen LogP contribution in [-0.4, -0.2) is 10.2 Å². The molecule has 4 aromatic heterocycles. The molecule has 6 heteroatoms. The van der Waals surface area contributed by atoms with Gasteiger partial charge >= 0.3 is 0 Å². The van der Waals surface area contributed by atoms with Crippen molar-refractivity contribution in [3.63, 3.8) is 0 Å². The van der Waals surface area contributed by atoms with Crippen LogP contribution in [0.2, 0.25) is 0 Å². The van der Waals surface area contributed by atoms with Crippen LogP contribution in [0.3, 0.4) is 0 Å². The molecule has 1 aromatic carbocycles. The number of rotatable bonds is 21. The van der Waals surface area contributed by atoms with E-state index in [9.17, 15) is 10.2 Å². The van der Waals surface area contributed by atoms with Crippen molar-refractivity contribution in [3.8, 4) is 11.5 Å². The number of phenols is 2. The van der Waals surface area contributed by atoms with Crippen molar-refractivity contribution in [2.75, 3.05) is 0 Å². The largest absolute Gasteiger partial charge is 0.504 e. The highest BCUT2D eigenvalue weighted by Crippen LogP contribution is 2.32. The molecule has 306 valence electrons. The van der Waals surface area contributed by atoms with Crippen molar-refractivity contribution < 1.29 is 28.5 Å². The highest BCUT2D eigenvalue weighted by atomic mass is 16.3.